The molecule has 2 aliphatic heterocycles. The molecule has 2 fully saturated rings. The largest absolute Gasteiger partial charge is 0.508 e. The van der Waals surface area contributed by atoms with Crippen molar-refractivity contribution < 1.29 is 67.7 Å². The number of rotatable bonds is 18. The lowest BCUT2D eigenvalue weighted by Gasteiger charge is -2.44. The van der Waals surface area contributed by atoms with Gasteiger partial charge in [-0.2, -0.15) is 0 Å². The van der Waals surface area contributed by atoms with Gasteiger partial charge in [-0.15, -0.1) is 0 Å². The van der Waals surface area contributed by atoms with Crippen molar-refractivity contribution in [2.24, 2.45) is 0 Å². The first-order valence-corrected chi connectivity index (χ1v) is 22.4. The Labute approximate surface area is 395 Å². The third kappa shape index (κ3) is 14.1. The molecule has 358 valence electrons. The quantitative estimate of drug-likeness (QED) is 0.0558. The first-order valence-electron chi connectivity index (χ1n) is 22.0. The number of phenolic OH excluding ortho intramolecular Hbond substituents is 1. The highest BCUT2D eigenvalue weighted by molar-refractivity contribution is 7.80. The van der Waals surface area contributed by atoms with E-state index in [0.717, 1.165) is 41.7 Å². The molecule has 0 amide bonds. The van der Waals surface area contributed by atoms with Crippen LogP contribution in [-0.4, -0.2) is 112 Å². The van der Waals surface area contributed by atoms with Crippen LogP contribution in [0.25, 0.3) is 0 Å². The van der Waals surface area contributed by atoms with Gasteiger partial charge in [0.1, 0.15) is 24.6 Å². The molecule has 4 aromatic rings. The second-order valence-corrected chi connectivity index (χ2v) is 17.2. The fraction of sp³-hybridized carbons (Fsp3) is 0.420. The van der Waals surface area contributed by atoms with Gasteiger partial charge in [0.25, 0.3) is 0 Å². The van der Waals surface area contributed by atoms with E-state index in [0.29, 0.717) is 17.1 Å². The molecule has 6 rings (SSSR count). The van der Waals surface area contributed by atoms with E-state index in [9.17, 15) is 34.5 Å². The number of benzene rings is 4. The van der Waals surface area contributed by atoms with Gasteiger partial charge in [-0.1, -0.05) is 103 Å². The number of aliphatic hydroxyl groups is 2. The predicted octanol–water partition coefficient (Wildman–Crippen LogP) is 5.42. The Morgan fingerprint density at radius 1 is 0.701 bits per heavy atom. The molecule has 67 heavy (non-hydrogen) atoms. The van der Waals surface area contributed by atoms with Crippen molar-refractivity contribution in [3.8, 4) is 5.75 Å². The van der Waals surface area contributed by atoms with E-state index in [4.69, 9.17) is 45.4 Å². The number of aromatic hydroxyl groups is 1. The maximum Gasteiger partial charge on any atom is 0.303 e. The molecule has 4 N–H and O–H groups in total. The first-order chi connectivity index (χ1) is 32.1. The molecular formula is C50H58N2O14S. The molecular weight excluding hydrogens is 885 g/mol. The summed E-state index contributed by atoms with van der Waals surface area (Å²) >= 11 is 5.74. The molecule has 0 aromatic heterocycles. The number of nitrogens with one attached hydrogen (secondary N) is 1. The zero-order chi connectivity index (χ0) is 48.2. The van der Waals surface area contributed by atoms with E-state index in [2.05, 4.69) is 5.32 Å². The van der Waals surface area contributed by atoms with E-state index in [1.807, 2.05) is 90.8 Å². The van der Waals surface area contributed by atoms with Crippen molar-refractivity contribution in [2.75, 3.05) is 26.7 Å². The van der Waals surface area contributed by atoms with E-state index >= 15 is 0 Å². The summed E-state index contributed by atoms with van der Waals surface area (Å²) in [7, 11) is 1.91. The number of hydrogen-bond donors (Lipinski definition) is 4. The van der Waals surface area contributed by atoms with Crippen LogP contribution < -0.4 is 5.32 Å². The molecule has 2 aliphatic rings. The summed E-state index contributed by atoms with van der Waals surface area (Å²) < 4.78 is 41.8. The number of likely N-dealkylation sites (N-methyl/N-ethyl adjacent to an activating group) is 1. The van der Waals surface area contributed by atoms with Crippen molar-refractivity contribution >= 4 is 41.1 Å². The van der Waals surface area contributed by atoms with Gasteiger partial charge >= 0.3 is 23.9 Å². The average Bonchev–Trinajstić information content (AvgIpc) is 3.29. The highest BCUT2D eigenvalue weighted by atomic mass is 32.1. The van der Waals surface area contributed by atoms with Crippen LogP contribution in [-0.2, 0) is 65.5 Å². The van der Waals surface area contributed by atoms with Crippen LogP contribution in [0.2, 0.25) is 0 Å². The van der Waals surface area contributed by atoms with Gasteiger partial charge < -0.3 is 58.7 Å². The van der Waals surface area contributed by atoms with Crippen molar-refractivity contribution in [3.05, 3.63) is 137 Å². The maximum atomic E-state index is 12.3. The van der Waals surface area contributed by atoms with Crippen molar-refractivity contribution in [2.45, 2.75) is 108 Å². The molecule has 0 saturated carbocycles. The Morgan fingerprint density at radius 3 is 1.93 bits per heavy atom. The van der Waals surface area contributed by atoms with Crippen LogP contribution in [0, 0.1) is 0 Å². The first kappa shape index (κ1) is 50.6. The summed E-state index contributed by atoms with van der Waals surface area (Å²) in [5.41, 5.74) is 4.86. The van der Waals surface area contributed by atoms with Gasteiger partial charge in [-0.3, -0.25) is 19.2 Å². The standard InChI is InChI=1S/C50H58N2O14S/c1-29(54)60-28-43-48(62-31(3)56)49(63-32(4)57)47(61-30(2)55)41(64-43)23-44(67)51-24-33-14-20-37(21-15-33)50-65-42(26-52(5)25-40(59)38-12-9-13-39(58)22-38)45(35-10-7-6-8-11-35)46(66-50)36-18-16-34(27-53)17-19-36/h6-22,40-43,45-50,53,58-59H,23-28H2,1-5H3,(H,51,67). The van der Waals surface area contributed by atoms with Gasteiger partial charge in [0.2, 0.25) is 0 Å². The van der Waals surface area contributed by atoms with Crippen LogP contribution in [0.15, 0.2) is 103 Å². The minimum atomic E-state index is -1.30. The monoisotopic (exact) mass is 942 g/mol. The number of hydrogen-bond acceptors (Lipinski definition) is 16. The summed E-state index contributed by atoms with van der Waals surface area (Å²) in [6, 6.07) is 31.9. The Kier molecular flexibility index (Phi) is 18.0. The number of esters is 4. The number of ether oxygens (including phenoxy) is 7. The molecule has 17 heteroatoms. The minimum absolute atomic E-state index is 0.0137. The second kappa shape index (κ2) is 23.8. The number of carbonyl (C=O) groups excluding carboxylic acids is 4. The summed E-state index contributed by atoms with van der Waals surface area (Å²) in [5.74, 6) is -2.98. The van der Waals surface area contributed by atoms with Gasteiger partial charge in [0, 0.05) is 65.2 Å². The van der Waals surface area contributed by atoms with Crippen LogP contribution in [0.3, 0.4) is 0 Å². The third-order valence-electron chi connectivity index (χ3n) is 11.4. The summed E-state index contributed by atoms with van der Waals surface area (Å²) in [4.78, 5) is 50.8. The Hall–Kier alpha value is -5.79. The van der Waals surface area contributed by atoms with Crippen molar-refractivity contribution in [1.29, 1.82) is 0 Å². The lowest BCUT2D eigenvalue weighted by Crippen LogP contribution is -2.62. The lowest BCUT2D eigenvalue weighted by molar-refractivity contribution is -0.263. The topological polar surface area (TPSA) is 209 Å². The molecule has 16 nitrogen and oxygen atoms in total. The van der Waals surface area contributed by atoms with Gasteiger partial charge in [-0.25, -0.2) is 0 Å². The number of thiocarbonyl (C=S) groups is 1. The van der Waals surface area contributed by atoms with Crippen molar-refractivity contribution in [3.63, 3.8) is 0 Å². The minimum Gasteiger partial charge on any atom is -0.508 e. The Bertz CT molecular complexity index is 2300. The van der Waals surface area contributed by atoms with Gasteiger partial charge in [-0.05, 0) is 47.0 Å². The van der Waals surface area contributed by atoms with E-state index in [-0.39, 0.29) is 44.4 Å². The normalized spacial score (nSPS) is 24.2. The van der Waals surface area contributed by atoms with E-state index in [1.165, 1.54) is 13.8 Å². The maximum absolute atomic E-state index is 12.3. The molecule has 0 spiro atoms. The molecule has 10 unspecified atom stereocenters. The SMILES string of the molecule is CC(=O)OCC1OC(CC(=S)NCc2ccc(C3OC(CN(C)CC(O)c4cccc(O)c4)C(c4ccccc4)C(c4ccc(CO)cc4)O3)cc2)C(OC(C)=O)C(OC(C)=O)C1OC(C)=O. The number of carbonyl (C=O) groups is 4. The van der Waals surface area contributed by atoms with Crippen LogP contribution in [0.1, 0.15) is 91.9 Å². The molecule has 4 aromatic carbocycles. The Morgan fingerprint density at radius 2 is 1.31 bits per heavy atom. The smallest absolute Gasteiger partial charge is 0.303 e. The highest BCUT2D eigenvalue weighted by Gasteiger charge is 2.52. The molecule has 2 heterocycles. The molecule has 0 bridgehead atoms. The van der Waals surface area contributed by atoms with Gasteiger partial charge in [0.05, 0.1) is 29.9 Å². The summed E-state index contributed by atoms with van der Waals surface area (Å²) in [6.07, 6.45) is -8.50. The van der Waals surface area contributed by atoms with Crippen LogP contribution >= 0.6 is 12.2 Å². The number of nitrogens with zero attached hydrogens (tertiary/aromatic N) is 1. The number of aliphatic hydroxyl groups excluding tert-OH is 2. The fourth-order valence-corrected chi connectivity index (χ4v) is 8.65. The molecule has 10 atom stereocenters. The zero-order valence-corrected chi connectivity index (χ0v) is 38.8. The molecule has 0 radical (unpaired) electrons. The zero-order valence-electron chi connectivity index (χ0n) is 38.0. The fourth-order valence-electron chi connectivity index (χ4n) is 8.41. The summed E-state index contributed by atoms with van der Waals surface area (Å²) in [5, 5.41) is 34.2. The van der Waals surface area contributed by atoms with Gasteiger partial charge in [0.15, 0.2) is 24.6 Å². The highest BCUT2D eigenvalue weighted by Crippen LogP contribution is 2.47. The van der Waals surface area contributed by atoms with Crippen LogP contribution in [0.4, 0.5) is 0 Å². The van der Waals surface area contributed by atoms with Crippen LogP contribution in [0.5, 0.6) is 5.75 Å². The lowest BCUT2D eigenvalue weighted by atomic mass is 9.83. The average molecular weight is 943 g/mol. The Balaban J connectivity index is 1.20. The van der Waals surface area contributed by atoms with Crippen molar-refractivity contribution in [1.82, 2.24) is 10.2 Å². The third-order valence-corrected chi connectivity index (χ3v) is 11.7. The predicted molar refractivity (Wildman–Crippen MR) is 246 cm³/mol. The second-order valence-electron chi connectivity index (χ2n) is 16.7. The van der Waals surface area contributed by atoms with E-state index < -0.39 is 79.0 Å². The molecule has 2 saturated heterocycles. The van der Waals surface area contributed by atoms with E-state index in [1.54, 1.807) is 24.3 Å². The molecule has 0 aliphatic carbocycles. The summed E-state index contributed by atoms with van der Waals surface area (Å²) in [6.45, 7) is 5.22. The number of phenols is 1.